The van der Waals surface area contributed by atoms with E-state index in [0.29, 0.717) is 29.4 Å². The van der Waals surface area contributed by atoms with Gasteiger partial charge in [0.1, 0.15) is 11.7 Å². The van der Waals surface area contributed by atoms with E-state index in [-0.39, 0.29) is 0 Å². The molecule has 4 aromatic heterocycles. The summed E-state index contributed by atoms with van der Waals surface area (Å²) in [6, 6.07) is 40.3. The van der Waals surface area contributed by atoms with Gasteiger partial charge < -0.3 is 27.2 Å². The molecule has 6 heterocycles. The van der Waals surface area contributed by atoms with Crippen LogP contribution in [0.5, 0.6) is 0 Å². The van der Waals surface area contributed by atoms with Crippen LogP contribution in [-0.2, 0) is 4.74 Å². The number of hydrogen-bond donors (Lipinski definition) is 0. The number of hydrogen-bond acceptors (Lipinski definition) is 5. The van der Waals surface area contributed by atoms with Crippen LogP contribution < -0.4 is 4.90 Å². The van der Waals surface area contributed by atoms with Crippen LogP contribution in [0, 0.1) is 5.92 Å². The van der Waals surface area contributed by atoms with Gasteiger partial charge in [0.05, 0.1) is 28.5 Å². The molecule has 0 atom stereocenters. The van der Waals surface area contributed by atoms with Crippen LogP contribution in [0.15, 0.2) is 132 Å². The normalized spacial score (nSPS) is 15.0. The van der Waals surface area contributed by atoms with E-state index >= 15 is 8.63 Å². The van der Waals surface area contributed by atoms with Crippen LogP contribution in [-0.4, -0.2) is 42.4 Å². The largest absolute Gasteiger partial charge is 0.535 e. The van der Waals surface area contributed by atoms with Crippen molar-refractivity contribution in [2.24, 2.45) is 0 Å². The Morgan fingerprint density at radius 1 is 0.647 bits per heavy atom. The quantitative estimate of drug-likeness (QED) is 0.121. The molecule has 4 nitrogen and oxygen atoms in total. The summed E-state index contributed by atoms with van der Waals surface area (Å²) in [7, 11) is 4.09. The van der Waals surface area contributed by atoms with Gasteiger partial charge in [0.25, 0.3) is 0 Å². The summed E-state index contributed by atoms with van der Waals surface area (Å²) in [4.78, 5) is 4.88. The van der Waals surface area contributed by atoms with Gasteiger partial charge >= 0.3 is 6.97 Å². The van der Waals surface area contributed by atoms with Gasteiger partial charge in [0, 0.05) is 76.5 Å². The first kappa shape index (κ1) is 32.0. The fourth-order valence-electron chi connectivity index (χ4n) is 7.17. The Bertz CT molecular complexity index is 2280. The van der Waals surface area contributed by atoms with E-state index in [1.807, 2.05) is 85.1 Å². The molecule has 0 fully saturated rings. The molecular formula is C41H32BF2N3OS3. The maximum atomic E-state index is 16.8. The highest BCUT2D eigenvalue weighted by Gasteiger charge is 2.47. The third-order valence-corrected chi connectivity index (χ3v) is 12.5. The monoisotopic (exact) mass is 727 g/mol. The van der Waals surface area contributed by atoms with Gasteiger partial charge in [0.2, 0.25) is 0 Å². The number of ether oxygens (including phenoxy) is 1. The second kappa shape index (κ2) is 12.7. The van der Waals surface area contributed by atoms with Crippen molar-refractivity contribution < 1.29 is 13.4 Å². The first-order chi connectivity index (χ1) is 24.9. The molecule has 7 aromatic rings. The van der Waals surface area contributed by atoms with Gasteiger partial charge in [-0.05, 0) is 76.0 Å². The lowest BCUT2D eigenvalue weighted by Crippen LogP contribution is -2.49. The molecule has 0 spiro atoms. The van der Waals surface area contributed by atoms with Crippen molar-refractivity contribution >= 4 is 57.8 Å². The van der Waals surface area contributed by atoms with E-state index in [1.54, 1.807) is 0 Å². The zero-order chi connectivity index (χ0) is 34.7. The molecule has 2 aliphatic heterocycles. The molecule has 0 saturated carbocycles. The van der Waals surface area contributed by atoms with Crippen LogP contribution in [0.1, 0.15) is 28.1 Å². The van der Waals surface area contributed by atoms with E-state index < -0.39 is 6.97 Å². The van der Waals surface area contributed by atoms with Crippen LogP contribution in [0.4, 0.5) is 14.3 Å². The molecule has 0 aliphatic carbocycles. The molecule has 252 valence electrons. The third-order valence-electron chi connectivity index (χ3n) is 9.60. The Labute approximate surface area is 308 Å². The summed E-state index contributed by atoms with van der Waals surface area (Å²) in [6.07, 6.45) is 0. The van der Waals surface area contributed by atoms with E-state index in [2.05, 4.69) is 77.7 Å². The summed E-state index contributed by atoms with van der Waals surface area (Å²) < 4.78 is 42.5. The van der Waals surface area contributed by atoms with Crippen molar-refractivity contribution in [1.82, 2.24) is 8.96 Å². The predicted octanol–water partition coefficient (Wildman–Crippen LogP) is 11.2. The first-order valence-corrected chi connectivity index (χ1v) is 19.5. The Balaban J connectivity index is 1.07. The van der Waals surface area contributed by atoms with Gasteiger partial charge in [-0.2, -0.15) is 0 Å². The third kappa shape index (κ3) is 5.44. The number of halogens is 2. The van der Waals surface area contributed by atoms with Gasteiger partial charge in [-0.25, -0.2) is 0 Å². The number of benzene rings is 3. The van der Waals surface area contributed by atoms with Crippen molar-refractivity contribution in [3.05, 3.63) is 166 Å². The van der Waals surface area contributed by atoms with Gasteiger partial charge in [-0.3, -0.25) is 0 Å². The maximum absolute atomic E-state index is 16.8. The van der Waals surface area contributed by atoms with Crippen LogP contribution in [0.2, 0.25) is 0 Å². The SMILES string of the molecule is CN(C)c1ccc(C2=C(c3ccc(-c4ccc([C+]5c6ccc(-c7cccs7)n6[B-](F)(F)n6c(-c7cccs7)ccc65)cc4)cc3)OCCS2)cc1. The van der Waals surface area contributed by atoms with Crippen molar-refractivity contribution in [3.8, 4) is 32.3 Å². The Morgan fingerprint density at radius 3 is 1.71 bits per heavy atom. The molecular weight excluding hydrogens is 695 g/mol. The second-order valence-electron chi connectivity index (χ2n) is 12.8. The molecule has 9 rings (SSSR count). The predicted molar refractivity (Wildman–Crippen MR) is 213 cm³/mol. The zero-order valence-electron chi connectivity index (χ0n) is 27.9. The fourth-order valence-corrected chi connectivity index (χ4v) is 9.65. The number of aromatic nitrogens is 2. The highest BCUT2D eigenvalue weighted by atomic mass is 32.2. The van der Waals surface area contributed by atoms with Crippen LogP contribution in [0.25, 0.3) is 42.9 Å². The van der Waals surface area contributed by atoms with Crippen molar-refractivity contribution in [2.45, 2.75) is 0 Å². The lowest BCUT2D eigenvalue weighted by molar-refractivity contribution is 0.301. The molecule has 51 heavy (non-hydrogen) atoms. The lowest BCUT2D eigenvalue weighted by atomic mass is 9.82. The molecule has 2 aliphatic rings. The second-order valence-corrected chi connectivity index (χ2v) is 15.8. The number of rotatable bonds is 7. The smallest absolute Gasteiger partial charge is 0.491 e. The Kier molecular flexibility index (Phi) is 7.98. The number of thiophene rings is 2. The van der Waals surface area contributed by atoms with E-state index in [4.69, 9.17) is 4.74 Å². The standard InChI is InChI=1S/C41H32BF2N3OS3/c1-45(2)32-17-15-31(16-18-32)41-40(48-23-26-51-41)30-13-9-28(10-14-30)27-7-11-29(12-8-27)39-35-21-19-33(37-5-3-24-49-37)46(35)42(43,44)47-34(20-22-36(39)47)38-6-4-25-50-38/h3-22,24-25H,23,26H2,1-2H3. The lowest BCUT2D eigenvalue weighted by Gasteiger charge is -2.40. The minimum absolute atomic E-state index is 0.523. The molecule has 0 unspecified atom stereocenters. The van der Waals surface area contributed by atoms with Gasteiger partial charge in [0.15, 0.2) is 0 Å². The highest BCUT2D eigenvalue weighted by Crippen LogP contribution is 2.47. The van der Waals surface area contributed by atoms with E-state index in [1.165, 1.54) is 31.6 Å². The van der Waals surface area contributed by atoms with E-state index in [9.17, 15) is 0 Å². The number of thioether (sulfide) groups is 1. The van der Waals surface area contributed by atoms with Crippen molar-refractivity contribution in [3.63, 3.8) is 0 Å². The number of fused-ring (bicyclic) bond motifs is 2. The minimum Gasteiger partial charge on any atom is -0.491 e. The highest BCUT2D eigenvalue weighted by molar-refractivity contribution is 8.08. The molecule has 0 N–H and O–H groups in total. The van der Waals surface area contributed by atoms with Crippen molar-refractivity contribution in [1.29, 1.82) is 0 Å². The summed E-state index contributed by atoms with van der Waals surface area (Å²) in [5.41, 5.74) is 8.46. The number of nitrogens with zero attached hydrogens (tertiary/aromatic N) is 3. The van der Waals surface area contributed by atoms with Crippen molar-refractivity contribution in [2.75, 3.05) is 31.4 Å². The molecule has 0 radical (unpaired) electrons. The zero-order valence-corrected chi connectivity index (χ0v) is 30.4. The molecule has 0 amide bonds. The number of anilines is 1. The van der Waals surface area contributed by atoms with Crippen LogP contribution in [0.3, 0.4) is 0 Å². The molecule has 0 bridgehead atoms. The molecule has 3 aromatic carbocycles. The molecule has 10 heteroatoms. The summed E-state index contributed by atoms with van der Waals surface area (Å²) in [5, 5.41) is 3.86. The maximum Gasteiger partial charge on any atom is 0.535 e. The summed E-state index contributed by atoms with van der Waals surface area (Å²) in [5.74, 6) is 2.62. The fraction of sp³-hybridized carbons (Fsp3) is 0.0976. The average Bonchev–Trinajstić information content (AvgIpc) is 3.99. The van der Waals surface area contributed by atoms with Crippen LogP contribution >= 0.6 is 34.4 Å². The topological polar surface area (TPSA) is 22.3 Å². The molecule has 0 saturated heterocycles. The van der Waals surface area contributed by atoms with E-state index in [0.717, 1.165) is 65.6 Å². The van der Waals surface area contributed by atoms with Gasteiger partial charge in [-0.15, -0.1) is 34.4 Å². The summed E-state index contributed by atoms with van der Waals surface area (Å²) >= 11 is 4.78. The summed E-state index contributed by atoms with van der Waals surface area (Å²) in [6.45, 7) is -3.50. The van der Waals surface area contributed by atoms with Gasteiger partial charge in [-0.1, -0.05) is 48.5 Å². The average molecular weight is 728 g/mol. The minimum atomic E-state index is -4.17. The first-order valence-electron chi connectivity index (χ1n) is 16.8. The Morgan fingerprint density at radius 2 is 1.18 bits per heavy atom. The Hall–Kier alpha value is -4.90.